The molecular weight excluding hydrogens is 364 g/mol. The Hall–Kier alpha value is -2.23. The van der Waals surface area contributed by atoms with Gasteiger partial charge in [0.1, 0.15) is 6.10 Å². The molecule has 2 aromatic heterocycles. The first-order valence-electron chi connectivity index (χ1n) is 9.60. The summed E-state index contributed by atoms with van der Waals surface area (Å²) >= 11 is 0. The molecule has 0 radical (unpaired) electrons. The van der Waals surface area contributed by atoms with Crippen LogP contribution in [-0.2, 0) is 23.7 Å². The number of esters is 1. The van der Waals surface area contributed by atoms with Crippen molar-refractivity contribution in [3.8, 4) is 0 Å². The minimum Gasteiger partial charge on any atom is -0.458 e. The van der Waals surface area contributed by atoms with E-state index in [9.17, 15) is 4.79 Å². The van der Waals surface area contributed by atoms with Crippen molar-refractivity contribution in [2.45, 2.75) is 51.0 Å². The maximum atomic E-state index is 11.4. The molecule has 0 saturated carbocycles. The minimum atomic E-state index is -0.673. The molecule has 0 spiro atoms. The molecule has 2 aromatic rings. The fourth-order valence-corrected chi connectivity index (χ4v) is 3.74. The lowest BCUT2D eigenvalue weighted by molar-refractivity contribution is -0.157. The Balaban J connectivity index is 1.58. The minimum absolute atomic E-state index is 0.0166. The number of anilines is 1. The molecule has 9 nitrogen and oxygen atoms in total. The van der Waals surface area contributed by atoms with Crippen molar-refractivity contribution in [1.29, 1.82) is 0 Å². The predicted molar refractivity (Wildman–Crippen MR) is 100 cm³/mol. The molecule has 4 heterocycles. The second kappa shape index (κ2) is 7.65. The molecule has 4 rings (SSSR count). The van der Waals surface area contributed by atoms with Crippen molar-refractivity contribution in [1.82, 2.24) is 14.6 Å². The number of ether oxygens (including phenoxy) is 4. The van der Waals surface area contributed by atoms with Crippen LogP contribution >= 0.6 is 0 Å². The van der Waals surface area contributed by atoms with Crippen LogP contribution in [0.15, 0.2) is 18.3 Å². The lowest BCUT2D eigenvalue weighted by Crippen LogP contribution is -2.44. The van der Waals surface area contributed by atoms with Gasteiger partial charge in [0.15, 0.2) is 5.79 Å². The first kappa shape index (κ1) is 19.1. The maximum Gasteiger partial charge on any atom is 0.303 e. The first-order valence-corrected chi connectivity index (χ1v) is 9.60. The summed E-state index contributed by atoms with van der Waals surface area (Å²) in [6.45, 7) is 7.55. The summed E-state index contributed by atoms with van der Waals surface area (Å²) in [4.78, 5) is 15.8. The van der Waals surface area contributed by atoms with Gasteiger partial charge in [-0.25, -0.2) is 9.50 Å². The zero-order valence-corrected chi connectivity index (χ0v) is 16.4. The van der Waals surface area contributed by atoms with Gasteiger partial charge in [-0.15, -0.1) is 5.10 Å². The van der Waals surface area contributed by atoms with E-state index < -0.39 is 5.79 Å². The van der Waals surface area contributed by atoms with Crippen LogP contribution in [0, 0.1) is 0 Å². The molecule has 9 heteroatoms. The van der Waals surface area contributed by atoms with Crippen molar-refractivity contribution in [2.24, 2.45) is 0 Å². The van der Waals surface area contributed by atoms with E-state index in [4.69, 9.17) is 18.9 Å². The number of aromatic nitrogens is 3. The maximum absolute atomic E-state index is 11.4. The topological polar surface area (TPSA) is 96.2 Å². The molecule has 2 aliphatic rings. The number of hydrogen-bond acceptors (Lipinski definition) is 8. The standard InChI is InChI=1S/C19H26N4O5/c1-12(19(3)26-8-9-27-19)16-5-4-14-10-20-18(22-23(14)16)21-15-6-7-25-11-17(15)28-13(2)24/h4-5,10,12,15,17H,6-9,11H2,1-3H3,(H,21,22)/t12?,15-,17-/m1/s1. The van der Waals surface area contributed by atoms with Crippen LogP contribution in [0.1, 0.15) is 38.8 Å². The third-order valence-electron chi connectivity index (χ3n) is 5.45. The van der Waals surface area contributed by atoms with Crippen LogP contribution in [0.4, 0.5) is 5.95 Å². The number of carbonyl (C=O) groups is 1. The molecule has 0 bridgehead atoms. The number of nitrogens with one attached hydrogen (secondary N) is 1. The fourth-order valence-electron chi connectivity index (χ4n) is 3.74. The van der Waals surface area contributed by atoms with Crippen LogP contribution in [0.3, 0.4) is 0 Å². The molecule has 0 amide bonds. The van der Waals surface area contributed by atoms with Gasteiger partial charge in [0.25, 0.3) is 0 Å². The second-order valence-electron chi connectivity index (χ2n) is 7.37. The molecule has 152 valence electrons. The van der Waals surface area contributed by atoms with Crippen molar-refractivity contribution in [3.63, 3.8) is 0 Å². The van der Waals surface area contributed by atoms with Crippen molar-refractivity contribution in [3.05, 3.63) is 24.0 Å². The Morgan fingerprint density at radius 3 is 2.89 bits per heavy atom. The molecule has 2 fully saturated rings. The Morgan fingerprint density at radius 2 is 2.14 bits per heavy atom. The average Bonchev–Trinajstić information content (AvgIpc) is 3.29. The van der Waals surface area contributed by atoms with Crippen LogP contribution in [-0.4, -0.2) is 64.9 Å². The zero-order valence-electron chi connectivity index (χ0n) is 16.4. The Morgan fingerprint density at radius 1 is 1.36 bits per heavy atom. The van der Waals surface area contributed by atoms with Gasteiger partial charge >= 0.3 is 5.97 Å². The van der Waals surface area contributed by atoms with Gasteiger partial charge in [-0.1, -0.05) is 6.92 Å². The Labute approximate surface area is 163 Å². The van der Waals surface area contributed by atoms with E-state index in [1.165, 1.54) is 6.92 Å². The molecule has 0 aromatic carbocycles. The second-order valence-corrected chi connectivity index (χ2v) is 7.37. The van der Waals surface area contributed by atoms with Gasteiger partial charge in [0.05, 0.1) is 49.2 Å². The Bertz CT molecular complexity index is 848. The van der Waals surface area contributed by atoms with Crippen molar-refractivity contribution >= 4 is 17.4 Å². The third-order valence-corrected chi connectivity index (χ3v) is 5.45. The summed E-state index contributed by atoms with van der Waals surface area (Å²) in [5.41, 5.74) is 1.87. The molecule has 28 heavy (non-hydrogen) atoms. The zero-order chi connectivity index (χ0) is 19.7. The van der Waals surface area contributed by atoms with E-state index in [0.29, 0.717) is 38.8 Å². The Kier molecular flexibility index (Phi) is 5.22. The number of carbonyl (C=O) groups excluding carboxylic acids is 1. The van der Waals surface area contributed by atoms with E-state index >= 15 is 0 Å². The quantitative estimate of drug-likeness (QED) is 0.771. The smallest absolute Gasteiger partial charge is 0.303 e. The van der Waals surface area contributed by atoms with Gasteiger partial charge < -0.3 is 24.3 Å². The lowest BCUT2D eigenvalue weighted by Gasteiger charge is -2.31. The van der Waals surface area contributed by atoms with Crippen molar-refractivity contribution < 1.29 is 23.7 Å². The van der Waals surface area contributed by atoms with Crippen LogP contribution in [0.5, 0.6) is 0 Å². The molecule has 1 N–H and O–H groups in total. The molecule has 1 unspecified atom stereocenters. The summed E-state index contributed by atoms with van der Waals surface area (Å²) < 4.78 is 24.3. The highest BCUT2D eigenvalue weighted by atomic mass is 16.7. The van der Waals surface area contributed by atoms with Crippen LogP contribution in [0.2, 0.25) is 0 Å². The van der Waals surface area contributed by atoms with Crippen LogP contribution < -0.4 is 5.32 Å². The molecule has 2 aliphatic heterocycles. The molecule has 0 aliphatic carbocycles. The van der Waals surface area contributed by atoms with Gasteiger partial charge in [-0.05, 0) is 25.5 Å². The van der Waals surface area contributed by atoms with E-state index in [1.807, 2.05) is 23.6 Å². The first-order chi connectivity index (χ1) is 13.5. The van der Waals surface area contributed by atoms with Gasteiger partial charge in [-0.2, -0.15) is 0 Å². The summed E-state index contributed by atoms with van der Waals surface area (Å²) in [6, 6.07) is 3.89. The van der Waals surface area contributed by atoms with E-state index in [2.05, 4.69) is 22.3 Å². The summed E-state index contributed by atoms with van der Waals surface area (Å²) in [5, 5.41) is 7.97. The molecular formula is C19H26N4O5. The number of nitrogens with zero attached hydrogens (tertiary/aromatic N) is 3. The van der Waals surface area contributed by atoms with Crippen LogP contribution in [0.25, 0.3) is 5.52 Å². The normalized spacial score (nSPS) is 25.5. The SMILES string of the molecule is CC(=O)O[C@@H]1COCC[C@H]1Nc1ncc2ccc(C(C)C3(C)OCCO3)n2n1. The monoisotopic (exact) mass is 390 g/mol. The highest BCUT2D eigenvalue weighted by Crippen LogP contribution is 2.35. The fraction of sp³-hybridized carbons (Fsp3) is 0.632. The van der Waals surface area contributed by atoms with E-state index in [0.717, 1.165) is 11.2 Å². The predicted octanol–water partition coefficient (Wildman–Crippen LogP) is 1.73. The van der Waals surface area contributed by atoms with Crippen molar-refractivity contribution in [2.75, 3.05) is 31.7 Å². The summed E-state index contributed by atoms with van der Waals surface area (Å²) in [7, 11) is 0. The largest absolute Gasteiger partial charge is 0.458 e. The molecule has 3 atom stereocenters. The van der Waals surface area contributed by atoms with Gasteiger partial charge in [0, 0.05) is 13.5 Å². The number of hydrogen-bond donors (Lipinski definition) is 1. The summed E-state index contributed by atoms with van der Waals surface area (Å²) in [5.74, 6) is -0.546. The summed E-state index contributed by atoms with van der Waals surface area (Å²) in [6.07, 6.45) is 2.10. The third kappa shape index (κ3) is 3.69. The highest BCUT2D eigenvalue weighted by molar-refractivity contribution is 5.66. The van der Waals surface area contributed by atoms with E-state index in [-0.39, 0.29) is 24.0 Å². The van der Waals surface area contributed by atoms with E-state index in [1.54, 1.807) is 6.20 Å². The lowest BCUT2D eigenvalue weighted by atomic mass is 9.99. The number of fused-ring (bicyclic) bond motifs is 1. The highest BCUT2D eigenvalue weighted by Gasteiger charge is 2.39. The van der Waals surface area contributed by atoms with Gasteiger partial charge in [-0.3, -0.25) is 4.79 Å². The number of rotatable bonds is 5. The van der Waals surface area contributed by atoms with Gasteiger partial charge in [0.2, 0.25) is 5.95 Å². The average molecular weight is 390 g/mol. The molecule has 2 saturated heterocycles.